The Hall–Kier alpha value is -2.12. The summed E-state index contributed by atoms with van der Waals surface area (Å²) >= 11 is 19.4. The van der Waals surface area contributed by atoms with E-state index in [1.807, 2.05) is 34.9 Å². The van der Waals surface area contributed by atoms with Crippen LogP contribution in [0.25, 0.3) is 16.6 Å². The number of nitrogens with one attached hydrogen (secondary N) is 1. The fraction of sp³-hybridized carbons (Fsp3) is 0.250. The summed E-state index contributed by atoms with van der Waals surface area (Å²) in [4.78, 5) is 2.30. The Balaban J connectivity index is 2.15. The first-order valence-corrected chi connectivity index (χ1v) is 10.5. The summed E-state index contributed by atoms with van der Waals surface area (Å²) in [5.74, 6) is 11.9. The first-order valence-electron chi connectivity index (χ1n) is 9.35. The third-order valence-electron chi connectivity index (χ3n) is 5.23. The van der Waals surface area contributed by atoms with E-state index >= 15 is 0 Å². The second kappa shape index (κ2) is 8.32. The first-order chi connectivity index (χ1) is 14.1. The van der Waals surface area contributed by atoms with Gasteiger partial charge in [-0.25, -0.2) is 5.84 Å². The van der Waals surface area contributed by atoms with E-state index in [4.69, 9.17) is 46.5 Å². The quantitative estimate of drug-likeness (QED) is 0.234. The molecule has 0 spiro atoms. The van der Waals surface area contributed by atoms with Crippen LogP contribution in [0.4, 0.5) is 5.69 Å². The summed E-state index contributed by atoms with van der Waals surface area (Å²) in [7, 11) is 0. The Labute approximate surface area is 184 Å². The monoisotopic (exact) mass is 450 g/mol. The summed E-state index contributed by atoms with van der Waals surface area (Å²) in [6.45, 7) is 1.79. The van der Waals surface area contributed by atoms with Crippen molar-refractivity contribution in [3.8, 4) is 5.69 Å². The number of hydrazine groups is 1. The van der Waals surface area contributed by atoms with Crippen LogP contribution in [0.3, 0.4) is 0 Å². The van der Waals surface area contributed by atoms with E-state index in [9.17, 15) is 0 Å². The standard InChI is InChI=1S/C20H21Cl3N6/c21-12-5-4-6-13(11-12)29-15-8-7-14(22)17(23)16(15)18(19(29)20(26-24)27-25)28-9-2-1-3-10-28/h4-8,11H,1-3,9-10,24-25H2,(H,26,27). The predicted octanol–water partition coefficient (Wildman–Crippen LogP) is 4.66. The van der Waals surface area contributed by atoms with Crippen LogP contribution >= 0.6 is 34.8 Å². The number of nitrogens with zero attached hydrogens (tertiary/aromatic N) is 3. The molecular weight excluding hydrogens is 431 g/mol. The van der Waals surface area contributed by atoms with Crippen molar-refractivity contribution >= 4 is 57.2 Å². The van der Waals surface area contributed by atoms with E-state index in [0.29, 0.717) is 20.9 Å². The van der Waals surface area contributed by atoms with Gasteiger partial charge in [-0.2, -0.15) is 5.10 Å². The summed E-state index contributed by atoms with van der Waals surface area (Å²) in [6.07, 6.45) is 3.37. The third-order valence-corrected chi connectivity index (χ3v) is 6.27. The van der Waals surface area contributed by atoms with E-state index in [1.165, 1.54) is 6.42 Å². The molecule has 2 heterocycles. The largest absolute Gasteiger partial charge is 0.369 e. The van der Waals surface area contributed by atoms with Gasteiger partial charge in [-0.15, -0.1) is 0 Å². The van der Waals surface area contributed by atoms with Gasteiger partial charge in [0.1, 0.15) is 5.69 Å². The number of halogens is 3. The van der Waals surface area contributed by atoms with E-state index in [-0.39, 0.29) is 0 Å². The van der Waals surface area contributed by atoms with Crippen molar-refractivity contribution in [3.63, 3.8) is 0 Å². The van der Waals surface area contributed by atoms with Gasteiger partial charge in [-0.3, -0.25) is 0 Å². The average Bonchev–Trinajstić information content (AvgIpc) is 3.08. The van der Waals surface area contributed by atoms with Crippen molar-refractivity contribution in [2.24, 2.45) is 16.8 Å². The fourth-order valence-electron chi connectivity index (χ4n) is 3.99. The Morgan fingerprint density at radius 1 is 1.03 bits per heavy atom. The van der Waals surface area contributed by atoms with Crippen molar-refractivity contribution < 1.29 is 0 Å². The average molecular weight is 452 g/mol. The van der Waals surface area contributed by atoms with Gasteiger partial charge in [-0.1, -0.05) is 40.9 Å². The number of aromatic nitrogens is 1. The highest BCUT2D eigenvalue weighted by molar-refractivity contribution is 6.46. The highest BCUT2D eigenvalue weighted by Gasteiger charge is 2.29. The molecule has 1 aliphatic heterocycles. The Bertz CT molecular complexity index is 1090. The van der Waals surface area contributed by atoms with Crippen LogP contribution in [0.5, 0.6) is 0 Å². The van der Waals surface area contributed by atoms with Crippen molar-refractivity contribution in [1.29, 1.82) is 0 Å². The molecular formula is C20H21Cl3N6. The van der Waals surface area contributed by atoms with Gasteiger partial charge < -0.3 is 20.7 Å². The normalized spacial score (nSPS) is 15.2. The molecule has 6 nitrogen and oxygen atoms in total. The maximum Gasteiger partial charge on any atom is 0.186 e. The lowest BCUT2D eigenvalue weighted by atomic mass is 10.1. The number of hydrogen-bond donors (Lipinski definition) is 3. The molecule has 2 aromatic carbocycles. The van der Waals surface area contributed by atoms with Gasteiger partial charge in [-0.05, 0) is 49.6 Å². The van der Waals surface area contributed by atoms with Gasteiger partial charge in [0.05, 0.1) is 21.2 Å². The van der Waals surface area contributed by atoms with Crippen LogP contribution in [0.15, 0.2) is 41.5 Å². The second-order valence-corrected chi connectivity index (χ2v) is 8.16. The van der Waals surface area contributed by atoms with Crippen molar-refractivity contribution in [2.45, 2.75) is 19.3 Å². The molecule has 0 aliphatic carbocycles. The second-order valence-electron chi connectivity index (χ2n) is 6.94. The minimum atomic E-state index is 0.342. The van der Waals surface area contributed by atoms with Crippen LogP contribution < -0.4 is 22.0 Å². The Morgan fingerprint density at radius 2 is 1.79 bits per heavy atom. The summed E-state index contributed by atoms with van der Waals surface area (Å²) in [5, 5.41) is 6.34. The molecule has 5 N–H and O–H groups in total. The van der Waals surface area contributed by atoms with Crippen LogP contribution in [0.2, 0.25) is 15.1 Å². The highest BCUT2D eigenvalue weighted by atomic mass is 35.5. The smallest absolute Gasteiger partial charge is 0.186 e. The molecule has 152 valence electrons. The van der Waals surface area contributed by atoms with Gasteiger partial charge in [0.15, 0.2) is 5.84 Å². The SMILES string of the molecule is N/N=C(\NN)c1c(N2CCCCC2)c2c(Cl)c(Cl)ccc2n1-c1cccc(Cl)c1. The summed E-state index contributed by atoms with van der Waals surface area (Å²) in [5.41, 5.74) is 5.98. The van der Waals surface area contributed by atoms with Crippen LogP contribution in [-0.2, 0) is 0 Å². The molecule has 0 unspecified atom stereocenters. The molecule has 0 amide bonds. The Morgan fingerprint density at radius 3 is 2.45 bits per heavy atom. The van der Waals surface area contributed by atoms with Crippen molar-refractivity contribution in [1.82, 2.24) is 9.99 Å². The molecule has 3 aromatic rings. The van der Waals surface area contributed by atoms with E-state index in [1.54, 1.807) is 6.07 Å². The van der Waals surface area contributed by atoms with Crippen LogP contribution in [0, 0.1) is 0 Å². The number of amidine groups is 1. The number of fused-ring (bicyclic) bond motifs is 1. The number of benzene rings is 2. The van der Waals surface area contributed by atoms with Gasteiger partial charge in [0.2, 0.25) is 0 Å². The zero-order valence-electron chi connectivity index (χ0n) is 15.6. The molecule has 0 saturated carbocycles. The molecule has 4 rings (SSSR count). The molecule has 1 fully saturated rings. The zero-order chi connectivity index (χ0) is 20.5. The lowest BCUT2D eigenvalue weighted by molar-refractivity contribution is 0.578. The molecule has 29 heavy (non-hydrogen) atoms. The molecule has 1 aliphatic rings. The maximum absolute atomic E-state index is 6.72. The molecule has 9 heteroatoms. The maximum atomic E-state index is 6.72. The number of hydrazone groups is 1. The molecule has 0 bridgehead atoms. The van der Waals surface area contributed by atoms with Gasteiger partial charge >= 0.3 is 0 Å². The number of nitrogens with two attached hydrogens (primary N) is 2. The van der Waals surface area contributed by atoms with Crippen LogP contribution in [0.1, 0.15) is 25.0 Å². The third kappa shape index (κ3) is 3.51. The molecule has 1 saturated heterocycles. The molecule has 0 atom stereocenters. The molecule has 0 radical (unpaired) electrons. The van der Waals surface area contributed by atoms with E-state index in [0.717, 1.165) is 53.9 Å². The Kier molecular flexibility index (Phi) is 5.79. The lowest BCUT2D eigenvalue weighted by Gasteiger charge is -2.30. The summed E-state index contributed by atoms with van der Waals surface area (Å²) < 4.78 is 2.01. The topological polar surface area (TPSA) is 84.6 Å². The zero-order valence-corrected chi connectivity index (χ0v) is 17.9. The number of anilines is 1. The van der Waals surface area contributed by atoms with Crippen molar-refractivity contribution in [2.75, 3.05) is 18.0 Å². The lowest BCUT2D eigenvalue weighted by Crippen LogP contribution is -2.37. The molecule has 1 aromatic heterocycles. The fourth-order valence-corrected chi connectivity index (χ4v) is 4.58. The highest BCUT2D eigenvalue weighted by Crippen LogP contribution is 2.44. The predicted molar refractivity (Wildman–Crippen MR) is 122 cm³/mol. The minimum Gasteiger partial charge on any atom is -0.369 e. The first kappa shape index (κ1) is 20.2. The van der Waals surface area contributed by atoms with Gasteiger partial charge in [0.25, 0.3) is 0 Å². The number of rotatable bonds is 3. The number of piperidine rings is 1. The van der Waals surface area contributed by atoms with Crippen molar-refractivity contribution in [3.05, 3.63) is 57.2 Å². The minimum absolute atomic E-state index is 0.342. The van der Waals surface area contributed by atoms with E-state index < -0.39 is 0 Å². The van der Waals surface area contributed by atoms with Gasteiger partial charge in [0, 0.05) is 29.2 Å². The van der Waals surface area contributed by atoms with E-state index in [2.05, 4.69) is 15.4 Å². The van der Waals surface area contributed by atoms with Crippen LogP contribution in [-0.4, -0.2) is 23.5 Å². The number of hydrogen-bond acceptors (Lipinski definition) is 4. The summed E-state index contributed by atoms with van der Waals surface area (Å²) in [6, 6.07) is 11.3.